The highest BCUT2D eigenvalue weighted by molar-refractivity contribution is 7.09. The standard InChI is InChI=1S/C25H24F6N4O3S/c1-14-8-20(25(29,30)31)33-35(14)10-21(36)34-6-4-15(5-7-34)22-32-19(13-39-22)23-37-11-16-2-3-18(24(26,27)28)9-17(16)12-38-23/h2-3,8-9,13,15,23H,4-7,10-12H2,1H3. The quantitative estimate of drug-likeness (QED) is 0.367. The molecule has 0 N–H and O–H groups in total. The molecule has 0 spiro atoms. The number of aromatic nitrogens is 3. The zero-order chi connectivity index (χ0) is 27.9. The molecular weight excluding hydrogens is 550 g/mol. The Hall–Kier alpha value is -2.97. The first-order chi connectivity index (χ1) is 18.4. The molecule has 210 valence electrons. The number of thiazole rings is 1. The van der Waals surface area contributed by atoms with Gasteiger partial charge in [-0.3, -0.25) is 9.48 Å². The van der Waals surface area contributed by atoms with E-state index < -0.39 is 29.9 Å². The number of carbonyl (C=O) groups excluding carboxylic acids is 1. The van der Waals surface area contributed by atoms with E-state index in [0.29, 0.717) is 42.8 Å². The average Bonchev–Trinajstić information content (AvgIpc) is 3.45. The number of alkyl halides is 6. The minimum atomic E-state index is -4.57. The van der Waals surface area contributed by atoms with Crippen molar-refractivity contribution in [2.75, 3.05) is 13.1 Å². The summed E-state index contributed by atoms with van der Waals surface area (Å²) in [6.45, 7) is 2.11. The molecule has 1 atom stereocenters. The van der Waals surface area contributed by atoms with Crippen LogP contribution in [0, 0.1) is 6.92 Å². The van der Waals surface area contributed by atoms with Crippen LogP contribution in [0.25, 0.3) is 0 Å². The Morgan fingerprint density at radius 1 is 1.03 bits per heavy atom. The van der Waals surface area contributed by atoms with Gasteiger partial charge in [0.2, 0.25) is 12.2 Å². The van der Waals surface area contributed by atoms with E-state index in [9.17, 15) is 31.1 Å². The van der Waals surface area contributed by atoms with Crippen molar-refractivity contribution >= 4 is 17.2 Å². The number of likely N-dealkylation sites (tertiary alicyclic amines) is 1. The van der Waals surface area contributed by atoms with Crippen molar-refractivity contribution in [3.8, 4) is 0 Å². The normalized spacial score (nSPS) is 19.2. The van der Waals surface area contributed by atoms with E-state index in [-0.39, 0.29) is 37.3 Å². The maximum absolute atomic E-state index is 13.1. The molecule has 7 nitrogen and oxygen atoms in total. The summed E-state index contributed by atoms with van der Waals surface area (Å²) < 4.78 is 90.5. The van der Waals surface area contributed by atoms with Crippen molar-refractivity contribution in [1.82, 2.24) is 19.7 Å². The zero-order valence-electron chi connectivity index (χ0n) is 20.7. The molecule has 0 radical (unpaired) electrons. The summed E-state index contributed by atoms with van der Waals surface area (Å²) in [6, 6.07) is 4.41. The molecule has 2 aromatic heterocycles. The van der Waals surface area contributed by atoms with Crippen LogP contribution in [0.15, 0.2) is 29.6 Å². The highest BCUT2D eigenvalue weighted by Crippen LogP contribution is 2.36. The van der Waals surface area contributed by atoms with E-state index in [4.69, 9.17) is 9.47 Å². The Bertz CT molecular complexity index is 1340. The summed E-state index contributed by atoms with van der Waals surface area (Å²) >= 11 is 1.42. The number of ether oxygens (including phenoxy) is 2. The molecule has 4 heterocycles. The molecule has 14 heteroatoms. The van der Waals surface area contributed by atoms with Gasteiger partial charge in [-0.1, -0.05) is 6.07 Å². The van der Waals surface area contributed by atoms with E-state index >= 15 is 0 Å². The number of aryl methyl sites for hydroxylation is 1. The summed E-state index contributed by atoms with van der Waals surface area (Å²) in [5.41, 5.74) is 0.0647. The summed E-state index contributed by atoms with van der Waals surface area (Å²) in [4.78, 5) is 19.0. The Morgan fingerprint density at radius 3 is 2.36 bits per heavy atom. The van der Waals surface area contributed by atoms with Crippen LogP contribution in [-0.4, -0.2) is 38.7 Å². The van der Waals surface area contributed by atoms with Crippen LogP contribution in [0.4, 0.5) is 26.3 Å². The van der Waals surface area contributed by atoms with Crippen LogP contribution < -0.4 is 0 Å². The second-order valence-corrected chi connectivity index (χ2v) is 10.4. The van der Waals surface area contributed by atoms with Crippen molar-refractivity contribution < 1.29 is 40.6 Å². The number of carbonyl (C=O) groups is 1. The van der Waals surface area contributed by atoms with Gasteiger partial charge in [-0.15, -0.1) is 11.3 Å². The molecule has 5 rings (SSSR count). The fourth-order valence-corrected chi connectivity index (χ4v) is 5.63. The monoisotopic (exact) mass is 574 g/mol. The van der Waals surface area contributed by atoms with Crippen LogP contribution in [-0.2, 0) is 46.4 Å². The molecule has 0 saturated carbocycles. The SMILES string of the molecule is Cc1cc(C(F)(F)F)nn1CC(=O)N1CCC(c2nc(C3OCc4ccc(C(F)(F)F)cc4CO3)cs2)CC1. The second kappa shape index (κ2) is 10.5. The van der Waals surface area contributed by atoms with Crippen LogP contribution in [0.3, 0.4) is 0 Å². The van der Waals surface area contributed by atoms with E-state index in [0.717, 1.165) is 27.9 Å². The first-order valence-electron chi connectivity index (χ1n) is 12.2. The third-order valence-electron chi connectivity index (χ3n) is 6.85. The Labute approximate surface area is 223 Å². The molecule has 0 bridgehead atoms. The summed E-state index contributed by atoms with van der Waals surface area (Å²) in [5.74, 6) is -0.227. The van der Waals surface area contributed by atoms with Gasteiger partial charge in [0.05, 0.1) is 23.8 Å². The number of fused-ring (bicyclic) bond motifs is 1. The first kappa shape index (κ1) is 27.6. The largest absolute Gasteiger partial charge is 0.435 e. The van der Waals surface area contributed by atoms with Crippen molar-refractivity contribution in [3.63, 3.8) is 0 Å². The molecule has 2 aliphatic heterocycles. The van der Waals surface area contributed by atoms with E-state index in [1.807, 2.05) is 0 Å². The molecule has 3 aromatic rings. The van der Waals surface area contributed by atoms with Gasteiger partial charge in [0.15, 0.2) is 5.69 Å². The van der Waals surface area contributed by atoms with Gasteiger partial charge in [0.1, 0.15) is 12.2 Å². The van der Waals surface area contributed by atoms with E-state index in [1.54, 1.807) is 10.3 Å². The molecule has 1 amide bonds. The smallest absolute Gasteiger partial charge is 0.342 e. The predicted octanol–water partition coefficient (Wildman–Crippen LogP) is 5.84. The fourth-order valence-electron chi connectivity index (χ4n) is 4.64. The third kappa shape index (κ3) is 6.12. The predicted molar refractivity (Wildman–Crippen MR) is 126 cm³/mol. The Balaban J connectivity index is 1.16. The average molecular weight is 575 g/mol. The molecule has 1 fully saturated rings. The Kier molecular flexibility index (Phi) is 7.46. The van der Waals surface area contributed by atoms with Gasteiger partial charge >= 0.3 is 12.4 Å². The first-order valence-corrected chi connectivity index (χ1v) is 13.0. The maximum atomic E-state index is 13.1. The van der Waals surface area contributed by atoms with E-state index in [1.165, 1.54) is 24.3 Å². The number of nitrogens with zero attached hydrogens (tertiary/aromatic N) is 4. The molecule has 1 aromatic carbocycles. The zero-order valence-corrected chi connectivity index (χ0v) is 21.5. The summed E-state index contributed by atoms with van der Waals surface area (Å²) in [6.07, 6.45) is -8.58. The highest BCUT2D eigenvalue weighted by Gasteiger charge is 2.35. The van der Waals surface area contributed by atoms with Crippen molar-refractivity contribution in [2.45, 2.75) is 64.1 Å². The number of hydrogen-bond donors (Lipinski definition) is 0. The lowest BCUT2D eigenvalue weighted by Gasteiger charge is -2.31. The maximum Gasteiger partial charge on any atom is 0.435 e. The number of benzene rings is 1. The van der Waals surface area contributed by atoms with Gasteiger partial charge < -0.3 is 14.4 Å². The minimum absolute atomic E-state index is 0.0442. The number of halogens is 6. The van der Waals surface area contributed by atoms with Crippen LogP contribution in [0.2, 0.25) is 0 Å². The van der Waals surface area contributed by atoms with Gasteiger partial charge in [-0.25, -0.2) is 4.98 Å². The van der Waals surface area contributed by atoms with Crippen molar-refractivity contribution in [2.24, 2.45) is 0 Å². The number of piperidine rings is 1. The van der Waals surface area contributed by atoms with Crippen molar-refractivity contribution in [1.29, 1.82) is 0 Å². The molecule has 39 heavy (non-hydrogen) atoms. The van der Waals surface area contributed by atoms with Crippen LogP contribution >= 0.6 is 11.3 Å². The van der Waals surface area contributed by atoms with Crippen LogP contribution in [0.5, 0.6) is 0 Å². The lowest BCUT2D eigenvalue weighted by Crippen LogP contribution is -2.40. The van der Waals surface area contributed by atoms with Gasteiger partial charge in [-0.2, -0.15) is 31.4 Å². The molecule has 1 unspecified atom stereocenters. The summed E-state index contributed by atoms with van der Waals surface area (Å²) in [7, 11) is 0. The molecule has 2 aliphatic rings. The Morgan fingerprint density at radius 2 is 1.72 bits per heavy atom. The fraction of sp³-hybridized carbons (Fsp3) is 0.480. The minimum Gasteiger partial charge on any atom is -0.342 e. The topological polar surface area (TPSA) is 69.5 Å². The molecule has 0 aliphatic carbocycles. The highest BCUT2D eigenvalue weighted by atomic mass is 32.1. The molecular formula is C25H24F6N4O3S. The third-order valence-corrected chi connectivity index (χ3v) is 7.87. The second-order valence-electron chi connectivity index (χ2n) is 9.53. The summed E-state index contributed by atoms with van der Waals surface area (Å²) in [5, 5.41) is 6.16. The number of amides is 1. The number of rotatable bonds is 4. The van der Waals surface area contributed by atoms with Gasteiger partial charge in [0, 0.05) is 30.1 Å². The lowest BCUT2D eigenvalue weighted by atomic mass is 9.97. The van der Waals surface area contributed by atoms with Crippen LogP contribution in [0.1, 0.15) is 63.8 Å². The van der Waals surface area contributed by atoms with Gasteiger partial charge in [0.25, 0.3) is 0 Å². The van der Waals surface area contributed by atoms with Gasteiger partial charge in [-0.05, 0) is 49.1 Å². The van der Waals surface area contributed by atoms with E-state index in [2.05, 4.69) is 10.1 Å². The molecule has 1 saturated heterocycles. The lowest BCUT2D eigenvalue weighted by molar-refractivity contribution is -0.155. The number of hydrogen-bond acceptors (Lipinski definition) is 6. The van der Waals surface area contributed by atoms with Crippen molar-refractivity contribution in [3.05, 3.63) is 68.4 Å².